The van der Waals surface area contributed by atoms with E-state index in [2.05, 4.69) is 17.0 Å². The standard InChI is InChI=1S/C18H36ClNO2/c1-2-3-4-5-6-7-8-9-10-11-12-13-14-15-16-20-18(21)22-17-19/h2-17H2,1H3,(H,20,21). The maximum atomic E-state index is 11.0. The van der Waals surface area contributed by atoms with Gasteiger partial charge in [0.2, 0.25) is 0 Å². The van der Waals surface area contributed by atoms with Crippen molar-refractivity contribution in [3.05, 3.63) is 0 Å². The number of rotatable bonds is 16. The molecule has 0 aromatic carbocycles. The minimum Gasteiger partial charge on any atom is -0.433 e. The van der Waals surface area contributed by atoms with Crippen molar-refractivity contribution in [3.8, 4) is 0 Å². The van der Waals surface area contributed by atoms with E-state index in [1.54, 1.807) is 0 Å². The maximum Gasteiger partial charge on any atom is 0.408 e. The predicted molar refractivity (Wildman–Crippen MR) is 95.5 cm³/mol. The van der Waals surface area contributed by atoms with Gasteiger partial charge in [-0.25, -0.2) is 4.79 Å². The van der Waals surface area contributed by atoms with E-state index >= 15 is 0 Å². The molecule has 4 heteroatoms. The van der Waals surface area contributed by atoms with E-state index < -0.39 is 6.09 Å². The Hall–Kier alpha value is -0.440. The average Bonchev–Trinajstić information content (AvgIpc) is 2.51. The highest BCUT2D eigenvalue weighted by Crippen LogP contribution is 2.12. The smallest absolute Gasteiger partial charge is 0.408 e. The summed E-state index contributed by atoms with van der Waals surface area (Å²) in [6.45, 7) is 2.96. The van der Waals surface area contributed by atoms with Gasteiger partial charge in [-0.2, -0.15) is 0 Å². The normalized spacial score (nSPS) is 10.6. The summed E-state index contributed by atoms with van der Waals surface area (Å²) in [5.74, 6) is 0. The van der Waals surface area contributed by atoms with Crippen molar-refractivity contribution in [1.82, 2.24) is 5.32 Å². The number of halogens is 1. The second-order valence-electron chi connectivity index (χ2n) is 6.06. The molecule has 0 aromatic rings. The minimum absolute atomic E-state index is 0.0788. The number of hydrogen-bond donors (Lipinski definition) is 1. The Morgan fingerprint density at radius 1 is 0.773 bits per heavy atom. The van der Waals surface area contributed by atoms with Gasteiger partial charge in [0.15, 0.2) is 6.07 Å². The summed E-state index contributed by atoms with van der Waals surface area (Å²) in [6.07, 6.45) is 18.4. The van der Waals surface area contributed by atoms with Gasteiger partial charge in [0, 0.05) is 6.54 Å². The van der Waals surface area contributed by atoms with Crippen molar-refractivity contribution in [2.75, 3.05) is 12.6 Å². The zero-order valence-corrected chi connectivity index (χ0v) is 15.3. The fourth-order valence-electron chi connectivity index (χ4n) is 2.61. The molecule has 0 spiro atoms. The molecule has 0 aliphatic heterocycles. The van der Waals surface area contributed by atoms with E-state index in [0.29, 0.717) is 6.54 Å². The summed E-state index contributed by atoms with van der Waals surface area (Å²) in [6, 6.07) is -0.0788. The molecule has 0 bridgehead atoms. The van der Waals surface area contributed by atoms with Crippen molar-refractivity contribution in [2.45, 2.75) is 96.8 Å². The van der Waals surface area contributed by atoms with Gasteiger partial charge in [0.25, 0.3) is 0 Å². The molecule has 0 rings (SSSR count). The number of alkyl halides is 1. The second-order valence-corrected chi connectivity index (χ2v) is 6.28. The first-order valence-electron chi connectivity index (χ1n) is 9.27. The molecule has 0 saturated heterocycles. The number of hydrogen-bond acceptors (Lipinski definition) is 2. The first-order chi connectivity index (χ1) is 10.8. The number of ether oxygens (including phenoxy) is 1. The molecule has 0 saturated carbocycles. The fourth-order valence-corrected chi connectivity index (χ4v) is 2.71. The van der Waals surface area contributed by atoms with Crippen LogP contribution in [0.4, 0.5) is 4.79 Å². The minimum atomic E-state index is -0.412. The molecule has 0 heterocycles. The van der Waals surface area contributed by atoms with Gasteiger partial charge in [-0.1, -0.05) is 102 Å². The monoisotopic (exact) mass is 333 g/mol. The summed E-state index contributed by atoms with van der Waals surface area (Å²) in [7, 11) is 0. The molecule has 0 fully saturated rings. The molecule has 132 valence electrons. The fraction of sp³-hybridized carbons (Fsp3) is 0.944. The topological polar surface area (TPSA) is 38.3 Å². The van der Waals surface area contributed by atoms with Crippen molar-refractivity contribution in [3.63, 3.8) is 0 Å². The summed E-state index contributed by atoms with van der Waals surface area (Å²) in [5.41, 5.74) is 0. The van der Waals surface area contributed by atoms with E-state index in [4.69, 9.17) is 11.6 Å². The lowest BCUT2D eigenvalue weighted by molar-refractivity contribution is 0.164. The van der Waals surface area contributed by atoms with Crippen LogP contribution >= 0.6 is 11.6 Å². The van der Waals surface area contributed by atoms with Crippen LogP contribution in [0.15, 0.2) is 0 Å². The van der Waals surface area contributed by atoms with Gasteiger partial charge >= 0.3 is 6.09 Å². The van der Waals surface area contributed by atoms with Gasteiger partial charge < -0.3 is 10.1 Å². The highest BCUT2D eigenvalue weighted by Gasteiger charge is 1.98. The van der Waals surface area contributed by atoms with E-state index in [1.165, 1.54) is 83.5 Å². The van der Waals surface area contributed by atoms with Crippen LogP contribution in [0, 0.1) is 0 Å². The molecule has 0 radical (unpaired) electrons. The van der Waals surface area contributed by atoms with Crippen LogP contribution in [0.25, 0.3) is 0 Å². The molecule has 1 N–H and O–H groups in total. The molecular weight excluding hydrogens is 298 g/mol. The van der Waals surface area contributed by atoms with Gasteiger partial charge in [0.05, 0.1) is 0 Å². The molecule has 0 aliphatic rings. The highest BCUT2D eigenvalue weighted by molar-refractivity contribution is 6.17. The number of nitrogens with one attached hydrogen (secondary N) is 1. The SMILES string of the molecule is CCCCCCCCCCCCCCCCNC(=O)OCCl. The maximum absolute atomic E-state index is 11.0. The number of carbonyl (C=O) groups is 1. The van der Waals surface area contributed by atoms with Crippen molar-refractivity contribution in [2.24, 2.45) is 0 Å². The number of unbranched alkanes of at least 4 members (excludes halogenated alkanes) is 13. The van der Waals surface area contributed by atoms with Crippen LogP contribution in [0.3, 0.4) is 0 Å². The third kappa shape index (κ3) is 17.6. The van der Waals surface area contributed by atoms with Crippen molar-refractivity contribution < 1.29 is 9.53 Å². The zero-order chi connectivity index (χ0) is 16.3. The Labute approximate surface area is 142 Å². The Balaban J connectivity index is 3.01. The van der Waals surface area contributed by atoms with Crippen LogP contribution in [0.5, 0.6) is 0 Å². The molecule has 3 nitrogen and oxygen atoms in total. The van der Waals surface area contributed by atoms with Crippen LogP contribution in [0.1, 0.15) is 96.8 Å². The summed E-state index contributed by atoms with van der Waals surface area (Å²) in [4.78, 5) is 11.0. The first kappa shape index (κ1) is 21.6. The highest BCUT2D eigenvalue weighted by atomic mass is 35.5. The molecule has 0 aromatic heterocycles. The lowest BCUT2D eigenvalue weighted by atomic mass is 10.0. The lowest BCUT2D eigenvalue weighted by Crippen LogP contribution is -2.24. The molecule has 0 atom stereocenters. The van der Waals surface area contributed by atoms with Gasteiger partial charge in [-0.05, 0) is 6.42 Å². The molecule has 22 heavy (non-hydrogen) atoms. The van der Waals surface area contributed by atoms with Crippen LogP contribution < -0.4 is 5.32 Å². The molecule has 0 aliphatic carbocycles. The first-order valence-corrected chi connectivity index (χ1v) is 9.81. The van der Waals surface area contributed by atoms with Crippen LogP contribution in [0.2, 0.25) is 0 Å². The van der Waals surface area contributed by atoms with Gasteiger partial charge in [0.1, 0.15) is 0 Å². The summed E-state index contributed by atoms with van der Waals surface area (Å²) in [5, 5.41) is 2.68. The second kappa shape index (κ2) is 18.6. The van der Waals surface area contributed by atoms with Gasteiger partial charge in [-0.15, -0.1) is 0 Å². The molecule has 0 unspecified atom stereocenters. The Morgan fingerprint density at radius 2 is 1.18 bits per heavy atom. The van der Waals surface area contributed by atoms with E-state index in [9.17, 15) is 4.79 Å². The van der Waals surface area contributed by atoms with Crippen molar-refractivity contribution >= 4 is 17.7 Å². The number of alkyl carbamates (subject to hydrolysis) is 1. The Morgan fingerprint density at radius 3 is 1.59 bits per heavy atom. The molecular formula is C18H36ClNO2. The number of amides is 1. The van der Waals surface area contributed by atoms with Gasteiger partial charge in [-0.3, -0.25) is 0 Å². The largest absolute Gasteiger partial charge is 0.433 e. The Kier molecular flexibility index (Phi) is 18.2. The zero-order valence-electron chi connectivity index (χ0n) is 14.5. The Bertz CT molecular complexity index is 237. The lowest BCUT2D eigenvalue weighted by Gasteiger charge is -2.05. The summed E-state index contributed by atoms with van der Waals surface area (Å²) < 4.78 is 4.58. The van der Waals surface area contributed by atoms with E-state index in [1.807, 2.05) is 0 Å². The third-order valence-electron chi connectivity index (χ3n) is 3.99. The van der Waals surface area contributed by atoms with Crippen LogP contribution in [-0.4, -0.2) is 18.7 Å². The van der Waals surface area contributed by atoms with E-state index in [-0.39, 0.29) is 6.07 Å². The van der Waals surface area contributed by atoms with Crippen LogP contribution in [-0.2, 0) is 4.74 Å². The number of carbonyl (C=O) groups excluding carboxylic acids is 1. The van der Waals surface area contributed by atoms with Crippen molar-refractivity contribution in [1.29, 1.82) is 0 Å². The summed E-state index contributed by atoms with van der Waals surface area (Å²) >= 11 is 5.28. The average molecular weight is 334 g/mol. The third-order valence-corrected chi connectivity index (χ3v) is 4.09. The predicted octanol–water partition coefficient (Wildman–Crippen LogP) is 6.39. The van der Waals surface area contributed by atoms with E-state index in [0.717, 1.165) is 6.42 Å². The molecule has 1 amide bonds. The quantitative estimate of drug-likeness (QED) is 0.262.